The second kappa shape index (κ2) is 6.05. The minimum absolute atomic E-state index is 0.0792. The monoisotopic (exact) mass is 169 g/mol. The van der Waals surface area contributed by atoms with Crippen molar-refractivity contribution in [3.63, 3.8) is 0 Å². The van der Waals surface area contributed by atoms with E-state index in [0.717, 1.165) is 19.7 Å². The second-order valence-electron chi connectivity index (χ2n) is 3.22. The molecule has 0 aromatic carbocycles. The lowest BCUT2D eigenvalue weighted by atomic mass is 10.1. The summed E-state index contributed by atoms with van der Waals surface area (Å²) in [6, 6.07) is 0. The van der Waals surface area contributed by atoms with Gasteiger partial charge in [-0.15, -0.1) is 5.92 Å². The molecule has 0 aromatic heterocycles. The van der Waals surface area contributed by atoms with Crippen molar-refractivity contribution >= 4 is 0 Å². The smallest absolute Gasteiger partial charge is 0.0750 e. The minimum Gasteiger partial charge on any atom is -0.375 e. The fraction of sp³-hybridized carbons (Fsp3) is 0.800. The van der Waals surface area contributed by atoms with E-state index in [1.807, 2.05) is 13.8 Å². The van der Waals surface area contributed by atoms with E-state index < -0.39 is 0 Å². The average Bonchev–Trinajstić information content (AvgIpc) is 1.98. The first kappa shape index (κ1) is 11.5. The van der Waals surface area contributed by atoms with Gasteiger partial charge in [-0.3, -0.25) is 0 Å². The molecule has 0 bridgehead atoms. The Hall–Kier alpha value is -0.520. The van der Waals surface area contributed by atoms with Crippen LogP contribution in [0.25, 0.3) is 0 Å². The average molecular weight is 169 g/mol. The molecule has 12 heavy (non-hydrogen) atoms. The second-order valence-corrected chi connectivity index (χ2v) is 3.22. The highest BCUT2D eigenvalue weighted by atomic mass is 16.5. The van der Waals surface area contributed by atoms with Crippen LogP contribution in [-0.2, 0) is 4.74 Å². The summed E-state index contributed by atoms with van der Waals surface area (Å²) in [7, 11) is 0. The van der Waals surface area contributed by atoms with E-state index in [0.29, 0.717) is 0 Å². The molecule has 2 nitrogen and oxygen atoms in total. The Kier molecular flexibility index (Phi) is 5.79. The van der Waals surface area contributed by atoms with Crippen LogP contribution in [0.5, 0.6) is 0 Å². The molecule has 0 atom stereocenters. The zero-order valence-corrected chi connectivity index (χ0v) is 8.53. The quantitative estimate of drug-likeness (QED) is 0.496. The van der Waals surface area contributed by atoms with Crippen molar-refractivity contribution in [1.29, 1.82) is 0 Å². The minimum atomic E-state index is -0.0792. The van der Waals surface area contributed by atoms with Crippen molar-refractivity contribution in [3.05, 3.63) is 0 Å². The molecular weight excluding hydrogens is 150 g/mol. The van der Waals surface area contributed by atoms with Gasteiger partial charge in [0, 0.05) is 13.2 Å². The molecule has 0 radical (unpaired) electrons. The summed E-state index contributed by atoms with van der Waals surface area (Å²) in [6.07, 6.45) is 0. The lowest BCUT2D eigenvalue weighted by Crippen LogP contribution is -2.37. The zero-order chi connectivity index (χ0) is 9.45. The van der Waals surface area contributed by atoms with Gasteiger partial charge in [-0.05, 0) is 27.7 Å². The first-order valence-electron chi connectivity index (χ1n) is 4.36. The van der Waals surface area contributed by atoms with E-state index in [9.17, 15) is 0 Å². The van der Waals surface area contributed by atoms with Crippen LogP contribution >= 0.6 is 0 Å². The summed E-state index contributed by atoms with van der Waals surface area (Å²) in [5, 5.41) is 3.21. The fourth-order valence-electron chi connectivity index (χ4n) is 0.956. The SMILES string of the molecule is CC#CCNCC(C)(C)OCC. The first-order valence-corrected chi connectivity index (χ1v) is 4.36. The van der Waals surface area contributed by atoms with E-state index in [1.165, 1.54) is 0 Å². The molecule has 0 fully saturated rings. The summed E-state index contributed by atoms with van der Waals surface area (Å²) >= 11 is 0. The van der Waals surface area contributed by atoms with Gasteiger partial charge in [0.25, 0.3) is 0 Å². The van der Waals surface area contributed by atoms with E-state index in [1.54, 1.807) is 0 Å². The molecule has 0 aliphatic carbocycles. The summed E-state index contributed by atoms with van der Waals surface area (Å²) in [6.45, 7) is 10.3. The van der Waals surface area contributed by atoms with Gasteiger partial charge < -0.3 is 10.1 Å². The molecule has 0 heterocycles. The fourth-order valence-corrected chi connectivity index (χ4v) is 0.956. The Morgan fingerprint density at radius 2 is 2.08 bits per heavy atom. The summed E-state index contributed by atoms with van der Waals surface area (Å²) in [5.41, 5.74) is -0.0792. The van der Waals surface area contributed by atoms with Crippen molar-refractivity contribution in [2.75, 3.05) is 19.7 Å². The van der Waals surface area contributed by atoms with Gasteiger partial charge in [0.05, 0.1) is 12.1 Å². The molecule has 2 heteroatoms. The Labute approximate surface area is 75.7 Å². The number of hydrogen-bond donors (Lipinski definition) is 1. The third kappa shape index (κ3) is 6.21. The standard InChI is InChI=1S/C10H19NO/c1-5-7-8-11-9-10(3,4)12-6-2/h11H,6,8-9H2,1-4H3. The van der Waals surface area contributed by atoms with E-state index in [2.05, 4.69) is 31.0 Å². The molecule has 0 amide bonds. The van der Waals surface area contributed by atoms with Crippen LogP contribution in [0.3, 0.4) is 0 Å². The van der Waals surface area contributed by atoms with E-state index in [-0.39, 0.29) is 5.60 Å². The predicted octanol–water partition coefficient (Wildman–Crippen LogP) is 1.41. The van der Waals surface area contributed by atoms with Crippen LogP contribution in [0.2, 0.25) is 0 Å². The van der Waals surface area contributed by atoms with Crippen molar-refractivity contribution in [2.24, 2.45) is 0 Å². The number of nitrogens with one attached hydrogen (secondary N) is 1. The van der Waals surface area contributed by atoms with Gasteiger partial charge >= 0.3 is 0 Å². The van der Waals surface area contributed by atoms with Crippen LogP contribution in [0.15, 0.2) is 0 Å². The van der Waals surface area contributed by atoms with Crippen molar-refractivity contribution in [1.82, 2.24) is 5.32 Å². The van der Waals surface area contributed by atoms with Gasteiger partial charge in [-0.2, -0.15) is 0 Å². The number of rotatable bonds is 5. The number of ether oxygens (including phenoxy) is 1. The molecule has 0 saturated heterocycles. The van der Waals surface area contributed by atoms with Crippen LogP contribution in [0.1, 0.15) is 27.7 Å². The maximum atomic E-state index is 5.50. The highest BCUT2D eigenvalue weighted by Gasteiger charge is 2.15. The van der Waals surface area contributed by atoms with Crippen molar-refractivity contribution in [2.45, 2.75) is 33.3 Å². The lowest BCUT2D eigenvalue weighted by Gasteiger charge is -2.24. The first-order chi connectivity index (χ1) is 5.62. The normalized spacial score (nSPS) is 10.7. The molecule has 70 valence electrons. The number of hydrogen-bond acceptors (Lipinski definition) is 2. The Morgan fingerprint density at radius 1 is 1.42 bits per heavy atom. The summed E-state index contributed by atoms with van der Waals surface area (Å²) < 4.78 is 5.50. The van der Waals surface area contributed by atoms with Gasteiger partial charge in [0.15, 0.2) is 0 Å². The third-order valence-corrected chi connectivity index (χ3v) is 1.48. The van der Waals surface area contributed by atoms with E-state index in [4.69, 9.17) is 4.74 Å². The highest BCUT2D eigenvalue weighted by Crippen LogP contribution is 2.05. The molecule has 0 rings (SSSR count). The van der Waals surface area contributed by atoms with Crippen molar-refractivity contribution < 1.29 is 4.74 Å². The van der Waals surface area contributed by atoms with Crippen LogP contribution in [0, 0.1) is 11.8 Å². The third-order valence-electron chi connectivity index (χ3n) is 1.48. The topological polar surface area (TPSA) is 21.3 Å². The Bertz CT molecular complexity index is 164. The van der Waals surface area contributed by atoms with Gasteiger partial charge in [-0.25, -0.2) is 0 Å². The maximum Gasteiger partial charge on any atom is 0.0750 e. The zero-order valence-electron chi connectivity index (χ0n) is 8.53. The van der Waals surface area contributed by atoms with Gasteiger partial charge in [0.1, 0.15) is 0 Å². The molecule has 0 saturated carbocycles. The van der Waals surface area contributed by atoms with Crippen LogP contribution < -0.4 is 5.32 Å². The molecule has 0 aliphatic heterocycles. The summed E-state index contributed by atoms with van der Waals surface area (Å²) in [5.74, 6) is 5.78. The van der Waals surface area contributed by atoms with Crippen LogP contribution in [-0.4, -0.2) is 25.3 Å². The molecule has 0 aliphatic rings. The highest BCUT2D eigenvalue weighted by molar-refractivity contribution is 4.97. The largest absolute Gasteiger partial charge is 0.375 e. The predicted molar refractivity (Wildman–Crippen MR) is 52.0 cm³/mol. The molecule has 0 unspecified atom stereocenters. The molecule has 0 spiro atoms. The van der Waals surface area contributed by atoms with Crippen molar-refractivity contribution in [3.8, 4) is 11.8 Å². The Balaban J connectivity index is 3.51. The molecule has 1 N–H and O–H groups in total. The van der Waals surface area contributed by atoms with Gasteiger partial charge in [-0.1, -0.05) is 5.92 Å². The summed E-state index contributed by atoms with van der Waals surface area (Å²) in [4.78, 5) is 0. The van der Waals surface area contributed by atoms with Gasteiger partial charge in [0.2, 0.25) is 0 Å². The molecule has 0 aromatic rings. The molecular formula is C10H19NO. The Morgan fingerprint density at radius 3 is 2.58 bits per heavy atom. The maximum absolute atomic E-state index is 5.50. The van der Waals surface area contributed by atoms with E-state index >= 15 is 0 Å². The van der Waals surface area contributed by atoms with Crippen LogP contribution in [0.4, 0.5) is 0 Å². The lowest BCUT2D eigenvalue weighted by molar-refractivity contribution is -0.00803.